The van der Waals surface area contributed by atoms with Crippen molar-refractivity contribution in [2.75, 3.05) is 0 Å². The van der Waals surface area contributed by atoms with E-state index >= 15 is 0 Å². The van der Waals surface area contributed by atoms with E-state index in [0.29, 0.717) is 0 Å². The standard InChI is InChI=1S/C3H6O2.2K/c1-2-3(4)5;;/h3H,2H2,1H3;;/q-2;2*+1. The fraction of sp³-hybridized carbons (Fsp3) is 1.00. The molecule has 0 fully saturated rings. The molecule has 4 heteroatoms. The van der Waals surface area contributed by atoms with E-state index in [0.717, 1.165) is 0 Å². The van der Waals surface area contributed by atoms with Crippen LogP contribution >= 0.6 is 0 Å². The molecular formula is C3H6K2O2. The smallest absolute Gasteiger partial charge is 0.865 e. The molecule has 0 aromatic rings. The Morgan fingerprint density at radius 3 is 1.43 bits per heavy atom. The van der Waals surface area contributed by atoms with Crippen LogP contribution in [0.25, 0.3) is 0 Å². The van der Waals surface area contributed by atoms with E-state index in [1.54, 1.807) is 6.92 Å². The Bertz CT molecular complexity index is 24.9. The van der Waals surface area contributed by atoms with Crippen LogP contribution in [0.1, 0.15) is 13.3 Å². The molecule has 0 spiro atoms. The Labute approximate surface area is 129 Å². The van der Waals surface area contributed by atoms with Gasteiger partial charge in [-0.2, -0.15) is 0 Å². The summed E-state index contributed by atoms with van der Waals surface area (Å²) in [5, 5.41) is 18.7. The van der Waals surface area contributed by atoms with Crippen molar-refractivity contribution in [1.29, 1.82) is 0 Å². The normalized spacial score (nSPS) is 6.86. The average molecular weight is 152 g/mol. The molecule has 0 heterocycles. The zero-order chi connectivity index (χ0) is 4.28. The SMILES string of the molecule is CCC([O-])[O-].[K+].[K+]. The molecule has 0 radical (unpaired) electrons. The molecular weight excluding hydrogens is 146 g/mol. The van der Waals surface area contributed by atoms with Gasteiger partial charge in [0.1, 0.15) is 0 Å². The van der Waals surface area contributed by atoms with Gasteiger partial charge in [0.15, 0.2) is 0 Å². The summed E-state index contributed by atoms with van der Waals surface area (Å²) in [5.41, 5.74) is 0. The maximum atomic E-state index is 9.34. The molecule has 0 amide bonds. The summed E-state index contributed by atoms with van der Waals surface area (Å²) >= 11 is 0. The van der Waals surface area contributed by atoms with Crippen LogP contribution < -0.4 is 113 Å². The molecule has 0 bridgehead atoms. The molecule has 0 aliphatic heterocycles. The first-order valence-electron chi connectivity index (χ1n) is 1.59. The quantitative estimate of drug-likeness (QED) is 0.277. The second kappa shape index (κ2) is 11.9. The van der Waals surface area contributed by atoms with E-state index in [-0.39, 0.29) is 109 Å². The van der Waals surface area contributed by atoms with Gasteiger partial charge in [0, 0.05) is 0 Å². The summed E-state index contributed by atoms with van der Waals surface area (Å²) in [4.78, 5) is 0. The third kappa shape index (κ3) is 17.6. The Morgan fingerprint density at radius 2 is 1.43 bits per heavy atom. The Hall–Kier alpha value is 3.19. The predicted octanol–water partition coefficient (Wildman–Crippen LogP) is -7.55. The number of hydrogen-bond acceptors (Lipinski definition) is 2. The van der Waals surface area contributed by atoms with Gasteiger partial charge in [0.05, 0.1) is 0 Å². The van der Waals surface area contributed by atoms with E-state index in [1.807, 2.05) is 0 Å². The van der Waals surface area contributed by atoms with Gasteiger partial charge in [-0.3, -0.25) is 0 Å². The molecule has 0 N–H and O–H groups in total. The topological polar surface area (TPSA) is 46.1 Å². The third-order valence-corrected chi connectivity index (χ3v) is 0.333. The van der Waals surface area contributed by atoms with Crippen molar-refractivity contribution < 1.29 is 113 Å². The molecule has 0 atom stereocenters. The molecule has 0 unspecified atom stereocenters. The summed E-state index contributed by atoms with van der Waals surface area (Å²) in [5.74, 6) is 0. The van der Waals surface area contributed by atoms with E-state index in [2.05, 4.69) is 0 Å². The zero-order valence-corrected chi connectivity index (χ0v) is 11.3. The van der Waals surface area contributed by atoms with Gasteiger partial charge in [-0.25, -0.2) is 6.29 Å². The van der Waals surface area contributed by atoms with Crippen LogP contribution in [0.4, 0.5) is 0 Å². The molecule has 32 valence electrons. The van der Waals surface area contributed by atoms with Crippen LogP contribution in [-0.4, -0.2) is 6.29 Å². The van der Waals surface area contributed by atoms with Gasteiger partial charge in [-0.1, -0.05) is 13.3 Å². The predicted molar refractivity (Wildman–Crippen MR) is 14.1 cm³/mol. The fourth-order valence-corrected chi connectivity index (χ4v) is 0. The molecule has 0 rings (SSSR count). The summed E-state index contributed by atoms with van der Waals surface area (Å²) < 4.78 is 0. The third-order valence-electron chi connectivity index (χ3n) is 0.333. The van der Waals surface area contributed by atoms with Crippen LogP contribution in [0.15, 0.2) is 0 Å². The molecule has 0 aromatic carbocycles. The van der Waals surface area contributed by atoms with Gasteiger partial charge in [0.2, 0.25) is 0 Å². The monoisotopic (exact) mass is 152 g/mol. The summed E-state index contributed by atoms with van der Waals surface area (Å²) in [6, 6.07) is 0. The number of hydrogen-bond donors (Lipinski definition) is 0. The van der Waals surface area contributed by atoms with E-state index in [1.165, 1.54) is 0 Å². The molecule has 2 nitrogen and oxygen atoms in total. The minimum absolute atomic E-state index is 0. The number of rotatable bonds is 1. The van der Waals surface area contributed by atoms with Crippen LogP contribution in [0, 0.1) is 0 Å². The Morgan fingerprint density at radius 1 is 1.29 bits per heavy atom. The summed E-state index contributed by atoms with van der Waals surface area (Å²) in [7, 11) is 0. The zero-order valence-electron chi connectivity index (χ0n) is 5.10. The molecule has 7 heavy (non-hydrogen) atoms. The van der Waals surface area contributed by atoms with Crippen LogP contribution in [0.5, 0.6) is 0 Å². The summed E-state index contributed by atoms with van der Waals surface area (Å²) in [6.07, 6.45) is -1.42. The van der Waals surface area contributed by atoms with Crippen molar-refractivity contribution in [3.63, 3.8) is 0 Å². The van der Waals surface area contributed by atoms with E-state index < -0.39 is 6.29 Å². The van der Waals surface area contributed by atoms with Crippen LogP contribution in [0.2, 0.25) is 0 Å². The van der Waals surface area contributed by atoms with Crippen molar-refractivity contribution in [2.24, 2.45) is 0 Å². The first-order valence-corrected chi connectivity index (χ1v) is 1.59. The van der Waals surface area contributed by atoms with Gasteiger partial charge < -0.3 is 10.2 Å². The van der Waals surface area contributed by atoms with Crippen molar-refractivity contribution in [3.8, 4) is 0 Å². The average Bonchev–Trinajstić information content (AvgIpc) is 1.38. The van der Waals surface area contributed by atoms with Gasteiger partial charge >= 0.3 is 103 Å². The summed E-state index contributed by atoms with van der Waals surface area (Å²) in [6.45, 7) is 1.57. The van der Waals surface area contributed by atoms with Crippen molar-refractivity contribution >= 4 is 0 Å². The fourth-order valence-electron chi connectivity index (χ4n) is 0. The maximum absolute atomic E-state index is 9.34. The molecule has 0 saturated carbocycles. The maximum Gasteiger partial charge on any atom is 1.00 e. The van der Waals surface area contributed by atoms with Gasteiger partial charge in [-0.05, 0) is 0 Å². The minimum atomic E-state index is -1.62. The Balaban J connectivity index is -0.0000000800. The van der Waals surface area contributed by atoms with Crippen LogP contribution in [0.3, 0.4) is 0 Å². The van der Waals surface area contributed by atoms with E-state index in [4.69, 9.17) is 0 Å². The molecule has 0 saturated heterocycles. The molecule has 0 aromatic heterocycles. The minimum Gasteiger partial charge on any atom is -0.865 e. The van der Waals surface area contributed by atoms with Crippen LogP contribution in [-0.2, 0) is 0 Å². The van der Waals surface area contributed by atoms with Crippen molar-refractivity contribution in [3.05, 3.63) is 0 Å². The van der Waals surface area contributed by atoms with Gasteiger partial charge in [0.25, 0.3) is 0 Å². The van der Waals surface area contributed by atoms with E-state index in [9.17, 15) is 10.2 Å². The Kier molecular flexibility index (Phi) is 28.4. The second-order valence-corrected chi connectivity index (χ2v) is 0.838. The van der Waals surface area contributed by atoms with Gasteiger partial charge in [-0.15, -0.1) is 0 Å². The van der Waals surface area contributed by atoms with Crippen molar-refractivity contribution in [2.45, 2.75) is 19.6 Å². The molecule has 0 aliphatic carbocycles. The van der Waals surface area contributed by atoms with Crippen molar-refractivity contribution in [1.82, 2.24) is 0 Å². The largest absolute Gasteiger partial charge is 1.00 e. The second-order valence-electron chi connectivity index (χ2n) is 0.838. The first-order chi connectivity index (χ1) is 2.27. The first kappa shape index (κ1) is 16.6. The molecule has 0 aliphatic rings.